The number of hydrogen-bond acceptors (Lipinski definition) is 4. The Morgan fingerprint density at radius 2 is 1.85 bits per heavy atom. The maximum absolute atomic E-state index is 14.1. The molecule has 0 atom stereocenters. The number of carbonyl (C=O) groups excluding carboxylic acids is 1. The Bertz CT molecular complexity index is 1080. The van der Waals surface area contributed by atoms with E-state index in [4.69, 9.17) is 4.42 Å². The van der Waals surface area contributed by atoms with E-state index in [9.17, 15) is 13.6 Å². The van der Waals surface area contributed by atoms with Crippen LogP contribution in [0.3, 0.4) is 0 Å². The molecule has 0 bridgehead atoms. The highest BCUT2D eigenvalue weighted by atomic mass is 32.1. The standard InChI is InChI=1S/C19H12F2N2O2S/c20-14-7-2-1-6-13(14)18(24)23(11-12-5-4-10-25-12)19-22-17-15(21)8-3-9-16(17)26-19/h1-10H,11H2. The van der Waals surface area contributed by atoms with Gasteiger partial charge in [0.25, 0.3) is 5.91 Å². The minimum atomic E-state index is -0.630. The summed E-state index contributed by atoms with van der Waals surface area (Å²) >= 11 is 1.16. The van der Waals surface area contributed by atoms with E-state index in [2.05, 4.69) is 4.98 Å². The van der Waals surface area contributed by atoms with Crippen LogP contribution in [0.15, 0.2) is 65.3 Å². The quantitative estimate of drug-likeness (QED) is 0.507. The summed E-state index contributed by atoms with van der Waals surface area (Å²) in [6, 6.07) is 13.7. The van der Waals surface area contributed by atoms with Crippen molar-refractivity contribution in [1.82, 2.24) is 4.98 Å². The van der Waals surface area contributed by atoms with E-state index in [0.717, 1.165) is 11.3 Å². The summed E-state index contributed by atoms with van der Waals surface area (Å²) in [6.45, 7) is 0.0572. The lowest BCUT2D eigenvalue weighted by molar-refractivity contribution is 0.0979. The molecule has 4 rings (SSSR count). The third kappa shape index (κ3) is 2.97. The molecule has 4 nitrogen and oxygen atoms in total. The van der Waals surface area contributed by atoms with Crippen molar-refractivity contribution in [1.29, 1.82) is 0 Å². The maximum atomic E-state index is 14.1. The van der Waals surface area contributed by atoms with Gasteiger partial charge in [-0.15, -0.1) is 0 Å². The molecule has 2 aromatic carbocycles. The monoisotopic (exact) mass is 370 g/mol. The number of anilines is 1. The second kappa shape index (κ2) is 6.68. The van der Waals surface area contributed by atoms with Gasteiger partial charge >= 0.3 is 0 Å². The van der Waals surface area contributed by atoms with Crippen LogP contribution in [-0.2, 0) is 6.54 Å². The number of halogens is 2. The zero-order valence-corrected chi connectivity index (χ0v) is 14.2. The summed E-state index contributed by atoms with van der Waals surface area (Å²) in [5, 5.41) is 0.273. The first kappa shape index (κ1) is 16.4. The van der Waals surface area contributed by atoms with Gasteiger partial charge in [0.15, 0.2) is 5.13 Å². The molecule has 0 aliphatic rings. The van der Waals surface area contributed by atoms with Crippen LogP contribution in [0.25, 0.3) is 10.2 Å². The molecule has 0 fully saturated rings. The van der Waals surface area contributed by atoms with Gasteiger partial charge in [0.1, 0.15) is 22.9 Å². The van der Waals surface area contributed by atoms with E-state index in [0.29, 0.717) is 10.5 Å². The summed E-state index contributed by atoms with van der Waals surface area (Å²) in [5.74, 6) is -1.16. The van der Waals surface area contributed by atoms with E-state index in [1.807, 2.05) is 0 Å². The summed E-state index contributed by atoms with van der Waals surface area (Å²) in [7, 11) is 0. The van der Waals surface area contributed by atoms with Crippen molar-refractivity contribution in [3.05, 3.63) is 83.8 Å². The maximum Gasteiger partial charge on any atom is 0.263 e. The second-order valence-corrected chi connectivity index (χ2v) is 6.54. The van der Waals surface area contributed by atoms with Crippen molar-refractivity contribution in [2.24, 2.45) is 0 Å². The highest BCUT2D eigenvalue weighted by molar-refractivity contribution is 7.22. The van der Waals surface area contributed by atoms with Crippen LogP contribution < -0.4 is 4.90 Å². The number of fused-ring (bicyclic) bond motifs is 1. The normalized spacial score (nSPS) is 11.0. The zero-order chi connectivity index (χ0) is 18.1. The lowest BCUT2D eigenvalue weighted by atomic mass is 10.2. The molecule has 0 spiro atoms. The Morgan fingerprint density at radius 1 is 1.04 bits per heavy atom. The summed E-state index contributed by atoms with van der Waals surface area (Å²) in [4.78, 5) is 18.5. The highest BCUT2D eigenvalue weighted by Gasteiger charge is 2.25. The van der Waals surface area contributed by atoms with Crippen LogP contribution in [0.5, 0.6) is 0 Å². The first-order valence-corrected chi connectivity index (χ1v) is 8.59. The molecule has 0 unspecified atom stereocenters. The number of thiazole rings is 1. The van der Waals surface area contributed by atoms with Gasteiger partial charge in [-0.05, 0) is 36.4 Å². The summed E-state index contributed by atoms with van der Waals surface area (Å²) in [5.41, 5.74) is 0.0945. The molecule has 4 aromatic rings. The number of hydrogen-bond donors (Lipinski definition) is 0. The van der Waals surface area contributed by atoms with Gasteiger partial charge in [-0.25, -0.2) is 13.8 Å². The van der Waals surface area contributed by atoms with E-state index >= 15 is 0 Å². The lowest BCUT2D eigenvalue weighted by Gasteiger charge is -2.19. The number of aromatic nitrogens is 1. The number of nitrogens with zero attached hydrogens (tertiary/aromatic N) is 2. The third-order valence-electron chi connectivity index (χ3n) is 3.83. The average Bonchev–Trinajstić information content (AvgIpc) is 3.29. The van der Waals surface area contributed by atoms with Crippen LogP contribution in [0, 0.1) is 11.6 Å². The van der Waals surface area contributed by atoms with Crippen molar-refractivity contribution in [2.45, 2.75) is 6.54 Å². The van der Waals surface area contributed by atoms with E-state index in [1.54, 1.807) is 30.3 Å². The van der Waals surface area contributed by atoms with Crippen molar-refractivity contribution in [2.75, 3.05) is 4.90 Å². The van der Waals surface area contributed by atoms with Gasteiger partial charge in [0.05, 0.1) is 23.1 Å². The van der Waals surface area contributed by atoms with Crippen molar-refractivity contribution >= 4 is 32.6 Å². The van der Waals surface area contributed by atoms with Gasteiger partial charge in [0.2, 0.25) is 0 Å². The first-order chi connectivity index (χ1) is 12.6. The molecule has 26 heavy (non-hydrogen) atoms. The molecule has 0 radical (unpaired) electrons. The van der Waals surface area contributed by atoms with E-state index in [1.165, 1.54) is 35.4 Å². The van der Waals surface area contributed by atoms with Crippen LogP contribution >= 0.6 is 11.3 Å². The van der Waals surface area contributed by atoms with Crippen LogP contribution in [0.2, 0.25) is 0 Å². The number of para-hydroxylation sites is 1. The Kier molecular flexibility index (Phi) is 4.22. The topological polar surface area (TPSA) is 46.3 Å². The number of carbonyl (C=O) groups is 1. The molecule has 0 saturated carbocycles. The minimum Gasteiger partial charge on any atom is -0.467 e. The molecule has 1 amide bonds. The molecular weight excluding hydrogens is 358 g/mol. The number of rotatable bonds is 4. The fourth-order valence-electron chi connectivity index (χ4n) is 2.58. The molecule has 2 heterocycles. The predicted octanol–water partition coefficient (Wildman–Crippen LogP) is 5.01. The molecule has 0 aliphatic carbocycles. The summed E-state index contributed by atoms with van der Waals surface area (Å²) < 4.78 is 34.0. The number of benzene rings is 2. The number of amides is 1. The van der Waals surface area contributed by atoms with Crippen LogP contribution in [-0.4, -0.2) is 10.9 Å². The summed E-state index contributed by atoms with van der Waals surface area (Å²) in [6.07, 6.45) is 1.49. The molecule has 0 N–H and O–H groups in total. The van der Waals surface area contributed by atoms with E-state index < -0.39 is 17.5 Å². The van der Waals surface area contributed by atoms with Crippen LogP contribution in [0.1, 0.15) is 16.1 Å². The SMILES string of the molecule is O=C(c1ccccc1F)N(Cc1ccco1)c1nc2c(F)cccc2s1. The molecule has 2 aromatic heterocycles. The molecular formula is C19H12F2N2O2S. The Hall–Kier alpha value is -3.06. The van der Waals surface area contributed by atoms with Gasteiger partial charge in [0, 0.05) is 0 Å². The highest BCUT2D eigenvalue weighted by Crippen LogP contribution is 2.32. The predicted molar refractivity (Wildman–Crippen MR) is 95.2 cm³/mol. The fourth-order valence-corrected chi connectivity index (χ4v) is 3.56. The van der Waals surface area contributed by atoms with Gasteiger partial charge in [-0.3, -0.25) is 9.69 Å². The zero-order valence-electron chi connectivity index (χ0n) is 13.4. The van der Waals surface area contributed by atoms with Gasteiger partial charge in [-0.1, -0.05) is 29.5 Å². The molecule has 7 heteroatoms. The fraction of sp³-hybridized carbons (Fsp3) is 0.0526. The Labute approximate surface area is 151 Å². The van der Waals surface area contributed by atoms with E-state index in [-0.39, 0.29) is 22.8 Å². The van der Waals surface area contributed by atoms with Gasteiger partial charge in [-0.2, -0.15) is 0 Å². The molecule has 130 valence electrons. The largest absolute Gasteiger partial charge is 0.467 e. The van der Waals surface area contributed by atoms with Crippen molar-refractivity contribution < 1.29 is 18.0 Å². The first-order valence-electron chi connectivity index (χ1n) is 7.77. The lowest BCUT2D eigenvalue weighted by Crippen LogP contribution is -2.30. The van der Waals surface area contributed by atoms with Crippen molar-refractivity contribution in [3.8, 4) is 0 Å². The Morgan fingerprint density at radius 3 is 2.58 bits per heavy atom. The van der Waals surface area contributed by atoms with Crippen molar-refractivity contribution in [3.63, 3.8) is 0 Å². The third-order valence-corrected chi connectivity index (χ3v) is 4.88. The molecule has 0 aliphatic heterocycles. The van der Waals surface area contributed by atoms with Gasteiger partial charge < -0.3 is 4.42 Å². The van der Waals surface area contributed by atoms with Crippen LogP contribution in [0.4, 0.5) is 13.9 Å². The minimum absolute atomic E-state index is 0.0572. The Balaban J connectivity index is 1.80. The average molecular weight is 370 g/mol. The number of furan rings is 1. The second-order valence-electron chi connectivity index (χ2n) is 5.53. The smallest absolute Gasteiger partial charge is 0.263 e. The molecule has 0 saturated heterocycles.